The topological polar surface area (TPSA) is 83.1 Å². The number of nitrogens with one attached hydrogen (secondary N) is 2. The number of carbonyl (C=O) groups is 2. The van der Waals surface area contributed by atoms with Crippen LogP contribution in [-0.4, -0.2) is 62.2 Å². The van der Waals surface area contributed by atoms with Gasteiger partial charge in [0.15, 0.2) is 5.11 Å². The minimum absolute atomic E-state index is 0.0437. The van der Waals surface area contributed by atoms with Crippen LogP contribution in [0.2, 0.25) is 0 Å². The van der Waals surface area contributed by atoms with E-state index in [2.05, 4.69) is 29.4 Å². The zero-order valence-electron chi connectivity index (χ0n) is 22.7. The van der Waals surface area contributed by atoms with Gasteiger partial charge >= 0.3 is 0 Å². The molecule has 1 saturated heterocycles. The molecule has 8 nitrogen and oxygen atoms in total. The Labute approximate surface area is 234 Å². The lowest BCUT2D eigenvalue weighted by atomic mass is 10.0. The smallest absolute Gasteiger partial charge is 0.257 e. The van der Waals surface area contributed by atoms with Crippen LogP contribution in [0.5, 0.6) is 11.5 Å². The highest BCUT2D eigenvalue weighted by atomic mass is 32.1. The van der Waals surface area contributed by atoms with Gasteiger partial charge in [0.2, 0.25) is 0 Å². The van der Waals surface area contributed by atoms with Crippen LogP contribution in [0.25, 0.3) is 0 Å². The number of anilines is 2. The standard InChI is InChI=1S/C30H34N4O4S/c1-20(2)21-5-7-22(8-6-21)28(35)32-30(39)31-24-9-11-25(12-10-24)33-13-15-34(16-14-33)29(36)23-17-26(37-3)19-27(18-23)38-4/h5-12,17-20H,13-16H2,1-4H3,(H2,31,32,35,39). The molecule has 0 saturated carbocycles. The molecule has 3 aromatic rings. The quantitative estimate of drug-likeness (QED) is 0.407. The predicted molar refractivity (Wildman–Crippen MR) is 158 cm³/mol. The van der Waals surface area contributed by atoms with E-state index < -0.39 is 0 Å². The Morgan fingerprint density at radius 1 is 0.821 bits per heavy atom. The second kappa shape index (κ2) is 12.6. The van der Waals surface area contributed by atoms with Crippen LogP contribution in [0, 0.1) is 0 Å². The van der Waals surface area contributed by atoms with E-state index in [0.29, 0.717) is 54.7 Å². The molecule has 1 fully saturated rings. The van der Waals surface area contributed by atoms with Gasteiger partial charge in [-0.1, -0.05) is 26.0 Å². The lowest BCUT2D eigenvalue weighted by Crippen LogP contribution is -2.48. The second-order valence-corrected chi connectivity index (χ2v) is 10.0. The number of thiocarbonyl (C=S) groups is 1. The molecule has 2 amide bonds. The number of hydrogen-bond acceptors (Lipinski definition) is 6. The number of piperazine rings is 1. The average Bonchev–Trinajstić information content (AvgIpc) is 2.96. The molecule has 39 heavy (non-hydrogen) atoms. The molecule has 3 aromatic carbocycles. The van der Waals surface area contributed by atoms with E-state index in [1.165, 1.54) is 5.56 Å². The normalized spacial score (nSPS) is 13.2. The molecule has 0 aromatic heterocycles. The van der Waals surface area contributed by atoms with Gasteiger partial charge in [-0.15, -0.1) is 0 Å². The Hall–Kier alpha value is -4.11. The van der Waals surface area contributed by atoms with Crippen LogP contribution in [0.15, 0.2) is 66.7 Å². The number of rotatable bonds is 7. The van der Waals surface area contributed by atoms with E-state index >= 15 is 0 Å². The summed E-state index contributed by atoms with van der Waals surface area (Å²) >= 11 is 5.34. The summed E-state index contributed by atoms with van der Waals surface area (Å²) in [6.07, 6.45) is 0. The van der Waals surface area contributed by atoms with E-state index in [-0.39, 0.29) is 16.9 Å². The van der Waals surface area contributed by atoms with Gasteiger partial charge in [-0.3, -0.25) is 14.9 Å². The third kappa shape index (κ3) is 7.06. The molecule has 1 aliphatic rings. The molecular formula is C30H34N4O4S. The number of methoxy groups -OCH3 is 2. The predicted octanol–water partition coefficient (Wildman–Crippen LogP) is 4.92. The van der Waals surface area contributed by atoms with Crippen molar-refractivity contribution >= 4 is 40.5 Å². The molecule has 0 atom stereocenters. The van der Waals surface area contributed by atoms with Gasteiger partial charge in [0.1, 0.15) is 11.5 Å². The Morgan fingerprint density at radius 2 is 1.41 bits per heavy atom. The molecule has 204 valence electrons. The zero-order valence-corrected chi connectivity index (χ0v) is 23.5. The minimum atomic E-state index is -0.251. The van der Waals surface area contributed by atoms with Crippen molar-refractivity contribution in [1.82, 2.24) is 10.2 Å². The van der Waals surface area contributed by atoms with Crippen molar-refractivity contribution in [1.29, 1.82) is 0 Å². The Bertz CT molecular complexity index is 1300. The summed E-state index contributed by atoms with van der Waals surface area (Å²) in [4.78, 5) is 29.7. The van der Waals surface area contributed by atoms with Crippen molar-refractivity contribution in [3.63, 3.8) is 0 Å². The van der Waals surface area contributed by atoms with E-state index in [1.54, 1.807) is 32.4 Å². The number of ether oxygens (including phenoxy) is 2. The van der Waals surface area contributed by atoms with Crippen LogP contribution < -0.4 is 25.0 Å². The van der Waals surface area contributed by atoms with Crippen LogP contribution in [0.1, 0.15) is 46.0 Å². The van der Waals surface area contributed by atoms with Crippen molar-refractivity contribution in [3.8, 4) is 11.5 Å². The lowest BCUT2D eigenvalue weighted by molar-refractivity contribution is 0.0745. The Balaban J connectivity index is 1.28. The van der Waals surface area contributed by atoms with Gasteiger partial charge in [-0.05, 0) is 72.2 Å². The maximum absolute atomic E-state index is 13.1. The van der Waals surface area contributed by atoms with Crippen molar-refractivity contribution in [2.24, 2.45) is 0 Å². The summed E-state index contributed by atoms with van der Waals surface area (Å²) in [6.45, 7) is 6.86. The first-order valence-corrected chi connectivity index (χ1v) is 13.3. The maximum Gasteiger partial charge on any atom is 0.257 e. The van der Waals surface area contributed by atoms with E-state index in [4.69, 9.17) is 21.7 Å². The highest BCUT2D eigenvalue weighted by Gasteiger charge is 2.23. The second-order valence-electron chi connectivity index (χ2n) is 9.61. The summed E-state index contributed by atoms with van der Waals surface area (Å²) in [5.74, 6) is 1.29. The van der Waals surface area contributed by atoms with Crippen LogP contribution >= 0.6 is 12.2 Å². The van der Waals surface area contributed by atoms with Crippen molar-refractivity contribution in [2.45, 2.75) is 19.8 Å². The molecule has 0 aliphatic carbocycles. The minimum Gasteiger partial charge on any atom is -0.497 e. The third-order valence-corrected chi connectivity index (χ3v) is 6.93. The number of carbonyl (C=O) groups excluding carboxylic acids is 2. The molecule has 0 bridgehead atoms. The maximum atomic E-state index is 13.1. The van der Waals surface area contributed by atoms with Gasteiger partial charge in [0, 0.05) is 54.7 Å². The first-order chi connectivity index (χ1) is 18.8. The lowest BCUT2D eigenvalue weighted by Gasteiger charge is -2.36. The summed E-state index contributed by atoms with van der Waals surface area (Å²) in [5.41, 5.74) is 4.11. The number of amides is 2. The number of nitrogens with zero attached hydrogens (tertiary/aromatic N) is 2. The first kappa shape index (κ1) is 27.9. The molecule has 0 unspecified atom stereocenters. The fraction of sp³-hybridized carbons (Fsp3) is 0.300. The monoisotopic (exact) mass is 546 g/mol. The Kier molecular flexibility index (Phi) is 9.03. The summed E-state index contributed by atoms with van der Waals surface area (Å²) in [7, 11) is 3.14. The summed E-state index contributed by atoms with van der Waals surface area (Å²) < 4.78 is 10.6. The largest absolute Gasteiger partial charge is 0.497 e. The molecule has 1 heterocycles. The van der Waals surface area contributed by atoms with Crippen molar-refractivity contribution in [2.75, 3.05) is 50.6 Å². The zero-order chi connectivity index (χ0) is 27.9. The number of benzene rings is 3. The van der Waals surface area contributed by atoms with Crippen molar-refractivity contribution in [3.05, 3.63) is 83.4 Å². The summed E-state index contributed by atoms with van der Waals surface area (Å²) in [5, 5.41) is 6.04. The molecule has 1 aliphatic heterocycles. The van der Waals surface area contributed by atoms with Gasteiger partial charge in [-0.2, -0.15) is 0 Å². The van der Waals surface area contributed by atoms with E-state index in [0.717, 1.165) is 11.4 Å². The highest BCUT2D eigenvalue weighted by molar-refractivity contribution is 7.80. The van der Waals surface area contributed by atoms with Gasteiger partial charge in [0.05, 0.1) is 14.2 Å². The van der Waals surface area contributed by atoms with Crippen LogP contribution in [0.4, 0.5) is 11.4 Å². The van der Waals surface area contributed by atoms with Crippen molar-refractivity contribution < 1.29 is 19.1 Å². The molecule has 0 radical (unpaired) electrons. The van der Waals surface area contributed by atoms with Crippen LogP contribution in [-0.2, 0) is 0 Å². The van der Waals surface area contributed by atoms with Gasteiger partial charge in [-0.25, -0.2) is 0 Å². The molecule has 9 heteroatoms. The van der Waals surface area contributed by atoms with Crippen LogP contribution in [0.3, 0.4) is 0 Å². The van der Waals surface area contributed by atoms with E-state index in [9.17, 15) is 9.59 Å². The van der Waals surface area contributed by atoms with Gasteiger partial charge in [0.25, 0.3) is 11.8 Å². The third-order valence-electron chi connectivity index (χ3n) is 6.72. The molecule has 2 N–H and O–H groups in total. The summed E-state index contributed by atoms with van der Waals surface area (Å²) in [6, 6.07) is 20.6. The average molecular weight is 547 g/mol. The first-order valence-electron chi connectivity index (χ1n) is 12.9. The fourth-order valence-electron chi connectivity index (χ4n) is 4.39. The molecular weight excluding hydrogens is 512 g/mol. The SMILES string of the molecule is COc1cc(OC)cc(C(=O)N2CCN(c3ccc(NC(=S)NC(=O)c4ccc(C(C)C)cc4)cc3)CC2)c1. The molecule has 4 rings (SSSR count). The fourth-order valence-corrected chi connectivity index (χ4v) is 4.60. The van der Waals surface area contributed by atoms with Gasteiger partial charge < -0.3 is 24.6 Å². The number of hydrogen-bond donors (Lipinski definition) is 2. The highest BCUT2D eigenvalue weighted by Crippen LogP contribution is 2.25. The van der Waals surface area contributed by atoms with E-state index in [1.807, 2.05) is 53.4 Å². The Morgan fingerprint density at radius 3 is 1.95 bits per heavy atom. The molecule has 0 spiro atoms.